The molecule has 0 unspecified atom stereocenters. The van der Waals surface area contributed by atoms with Crippen molar-refractivity contribution in [3.8, 4) is 0 Å². The first kappa shape index (κ1) is 14.8. The smallest absolute Gasteiger partial charge is 0.240 e. The van der Waals surface area contributed by atoms with Crippen molar-refractivity contribution < 1.29 is 4.79 Å². The molecule has 1 aliphatic carbocycles. The molecule has 104 valence electrons. The van der Waals surface area contributed by atoms with Gasteiger partial charge >= 0.3 is 0 Å². The monoisotopic (exact) mass is 372 g/mol. The molecule has 0 saturated heterocycles. The van der Waals surface area contributed by atoms with Gasteiger partial charge in [-0.3, -0.25) is 4.79 Å². The van der Waals surface area contributed by atoms with Crippen LogP contribution in [0.2, 0.25) is 0 Å². The van der Waals surface area contributed by atoms with Crippen LogP contribution in [0.5, 0.6) is 0 Å². The second-order valence-corrected chi connectivity index (χ2v) is 6.72. The Bertz CT molecular complexity index is 457. The van der Waals surface area contributed by atoms with Gasteiger partial charge in [0.05, 0.1) is 6.04 Å². The number of rotatable bonds is 5. The van der Waals surface area contributed by atoms with Crippen LogP contribution >= 0.6 is 22.6 Å². The quantitative estimate of drug-likeness (QED) is 0.808. The van der Waals surface area contributed by atoms with Crippen LogP contribution in [0.4, 0.5) is 0 Å². The summed E-state index contributed by atoms with van der Waals surface area (Å²) in [6, 6.07) is 8.22. The van der Waals surface area contributed by atoms with Crippen molar-refractivity contribution in [2.45, 2.75) is 45.3 Å². The number of hydrogen-bond donors (Lipinski definition) is 1. The fraction of sp³-hybridized carbons (Fsp3) is 0.533. The van der Waals surface area contributed by atoms with Crippen molar-refractivity contribution in [2.24, 2.45) is 11.7 Å². The van der Waals surface area contributed by atoms with Gasteiger partial charge in [-0.05, 0) is 53.0 Å². The van der Waals surface area contributed by atoms with E-state index in [1.54, 1.807) is 0 Å². The lowest BCUT2D eigenvalue weighted by molar-refractivity contribution is -0.134. The lowest BCUT2D eigenvalue weighted by Crippen LogP contribution is -2.47. The first-order valence-electron chi connectivity index (χ1n) is 6.80. The number of halogens is 1. The summed E-state index contributed by atoms with van der Waals surface area (Å²) in [6.45, 7) is 4.68. The molecule has 0 aromatic heterocycles. The summed E-state index contributed by atoms with van der Waals surface area (Å²) in [5.41, 5.74) is 7.23. The zero-order valence-corrected chi connectivity index (χ0v) is 13.6. The minimum absolute atomic E-state index is 0.0946. The summed E-state index contributed by atoms with van der Waals surface area (Å²) in [5.74, 6) is 0.278. The van der Waals surface area contributed by atoms with Gasteiger partial charge in [0.2, 0.25) is 5.91 Å². The lowest BCUT2D eigenvalue weighted by Gasteiger charge is -2.27. The Morgan fingerprint density at radius 2 is 2.05 bits per heavy atom. The van der Waals surface area contributed by atoms with Gasteiger partial charge in [-0.25, -0.2) is 0 Å². The normalized spacial score (nSPS) is 16.5. The van der Waals surface area contributed by atoms with Gasteiger partial charge in [-0.1, -0.05) is 32.0 Å². The van der Waals surface area contributed by atoms with Crippen molar-refractivity contribution in [3.05, 3.63) is 33.4 Å². The molecule has 0 spiro atoms. The zero-order valence-electron chi connectivity index (χ0n) is 11.5. The second kappa shape index (κ2) is 6.22. The topological polar surface area (TPSA) is 46.3 Å². The average Bonchev–Trinajstić information content (AvgIpc) is 3.20. The van der Waals surface area contributed by atoms with Crippen molar-refractivity contribution in [1.82, 2.24) is 4.90 Å². The SMILES string of the molecule is CC(C)[C@H](N)C(=O)N(Cc1ccccc1I)C1CC1. The maximum atomic E-state index is 12.5. The summed E-state index contributed by atoms with van der Waals surface area (Å²) in [4.78, 5) is 14.5. The molecule has 19 heavy (non-hydrogen) atoms. The molecule has 1 atom stereocenters. The van der Waals surface area contributed by atoms with Crippen LogP contribution in [-0.4, -0.2) is 22.9 Å². The van der Waals surface area contributed by atoms with E-state index in [0.29, 0.717) is 12.6 Å². The number of benzene rings is 1. The van der Waals surface area contributed by atoms with Gasteiger partial charge in [-0.15, -0.1) is 0 Å². The molecule has 1 aliphatic rings. The van der Waals surface area contributed by atoms with Crippen LogP contribution in [0.3, 0.4) is 0 Å². The lowest BCUT2D eigenvalue weighted by atomic mass is 10.0. The van der Waals surface area contributed by atoms with Crippen LogP contribution in [0.1, 0.15) is 32.3 Å². The van der Waals surface area contributed by atoms with E-state index in [4.69, 9.17) is 5.73 Å². The predicted molar refractivity (Wildman–Crippen MR) is 85.5 cm³/mol. The average molecular weight is 372 g/mol. The Morgan fingerprint density at radius 1 is 1.42 bits per heavy atom. The Hall–Kier alpha value is -0.620. The van der Waals surface area contributed by atoms with Crippen molar-refractivity contribution in [3.63, 3.8) is 0 Å². The second-order valence-electron chi connectivity index (χ2n) is 5.56. The Balaban J connectivity index is 2.13. The Morgan fingerprint density at radius 3 is 2.58 bits per heavy atom. The van der Waals surface area contributed by atoms with E-state index in [2.05, 4.69) is 34.7 Å². The van der Waals surface area contributed by atoms with Crippen LogP contribution in [0, 0.1) is 9.49 Å². The zero-order chi connectivity index (χ0) is 14.0. The summed E-state index contributed by atoms with van der Waals surface area (Å²) in [5, 5.41) is 0. The highest BCUT2D eigenvalue weighted by molar-refractivity contribution is 14.1. The maximum Gasteiger partial charge on any atom is 0.240 e. The maximum absolute atomic E-state index is 12.5. The first-order chi connectivity index (χ1) is 9.00. The highest BCUT2D eigenvalue weighted by Crippen LogP contribution is 2.30. The summed E-state index contributed by atoms with van der Waals surface area (Å²) < 4.78 is 1.21. The number of amides is 1. The number of nitrogens with two attached hydrogens (primary N) is 1. The molecule has 3 nitrogen and oxygen atoms in total. The summed E-state index contributed by atoms with van der Waals surface area (Å²) in [7, 11) is 0. The van der Waals surface area contributed by atoms with E-state index in [1.807, 2.05) is 30.9 Å². The van der Waals surface area contributed by atoms with Gasteiger partial charge in [0.25, 0.3) is 0 Å². The van der Waals surface area contributed by atoms with Crippen LogP contribution in [0.25, 0.3) is 0 Å². The van der Waals surface area contributed by atoms with Gasteiger partial charge in [0, 0.05) is 16.2 Å². The van der Waals surface area contributed by atoms with E-state index >= 15 is 0 Å². The predicted octanol–water partition coefficient (Wildman–Crippen LogP) is 2.77. The highest BCUT2D eigenvalue weighted by Gasteiger charge is 2.35. The molecule has 2 rings (SSSR count). The molecule has 1 aromatic rings. The molecule has 1 aromatic carbocycles. The standard InChI is InChI=1S/C15H21IN2O/c1-10(2)14(17)15(19)18(12-7-8-12)9-11-5-3-4-6-13(11)16/h3-6,10,12,14H,7-9,17H2,1-2H3/t14-/m0/s1. The number of hydrogen-bond acceptors (Lipinski definition) is 2. The molecule has 0 bridgehead atoms. The fourth-order valence-electron chi connectivity index (χ4n) is 2.06. The summed E-state index contributed by atoms with van der Waals surface area (Å²) >= 11 is 2.32. The molecule has 0 aliphatic heterocycles. The van der Waals surface area contributed by atoms with Crippen molar-refractivity contribution in [2.75, 3.05) is 0 Å². The van der Waals surface area contributed by atoms with E-state index < -0.39 is 0 Å². The fourth-order valence-corrected chi connectivity index (χ4v) is 2.62. The molecule has 2 N–H and O–H groups in total. The molecular weight excluding hydrogens is 351 g/mol. The molecule has 1 saturated carbocycles. The van der Waals surface area contributed by atoms with Crippen LogP contribution < -0.4 is 5.73 Å². The van der Waals surface area contributed by atoms with Gasteiger partial charge in [0.15, 0.2) is 0 Å². The minimum Gasteiger partial charge on any atom is -0.334 e. The first-order valence-corrected chi connectivity index (χ1v) is 7.88. The van der Waals surface area contributed by atoms with Gasteiger partial charge in [0.1, 0.15) is 0 Å². The van der Waals surface area contributed by atoms with Gasteiger partial charge < -0.3 is 10.6 Å². The largest absolute Gasteiger partial charge is 0.334 e. The van der Waals surface area contributed by atoms with Gasteiger partial charge in [-0.2, -0.15) is 0 Å². The molecule has 4 heteroatoms. The van der Waals surface area contributed by atoms with Crippen LogP contribution in [0.15, 0.2) is 24.3 Å². The minimum atomic E-state index is -0.387. The van der Waals surface area contributed by atoms with E-state index in [0.717, 1.165) is 12.8 Å². The Kier molecular flexibility index (Phi) is 4.84. The van der Waals surface area contributed by atoms with E-state index in [-0.39, 0.29) is 17.9 Å². The molecule has 0 radical (unpaired) electrons. The third kappa shape index (κ3) is 3.69. The Labute approximate surface area is 128 Å². The number of nitrogens with zero attached hydrogens (tertiary/aromatic N) is 1. The van der Waals surface area contributed by atoms with Crippen molar-refractivity contribution >= 4 is 28.5 Å². The van der Waals surface area contributed by atoms with Crippen molar-refractivity contribution in [1.29, 1.82) is 0 Å². The van der Waals surface area contributed by atoms with E-state index in [9.17, 15) is 4.79 Å². The third-order valence-corrected chi connectivity index (χ3v) is 4.63. The van der Waals surface area contributed by atoms with Crippen LogP contribution in [-0.2, 0) is 11.3 Å². The summed E-state index contributed by atoms with van der Waals surface area (Å²) in [6.07, 6.45) is 2.22. The molecule has 0 heterocycles. The number of carbonyl (C=O) groups is 1. The number of carbonyl (C=O) groups excluding carboxylic acids is 1. The highest BCUT2D eigenvalue weighted by atomic mass is 127. The molecule has 1 amide bonds. The van der Waals surface area contributed by atoms with E-state index in [1.165, 1.54) is 9.13 Å². The third-order valence-electron chi connectivity index (χ3n) is 3.57. The molecular formula is C15H21IN2O. The molecule has 1 fully saturated rings.